The highest BCUT2D eigenvalue weighted by atomic mass is 19.1. The first kappa shape index (κ1) is 17.0. The van der Waals surface area contributed by atoms with E-state index in [9.17, 15) is 4.39 Å². The second-order valence-corrected chi connectivity index (χ2v) is 5.29. The molecule has 0 atom stereocenters. The Kier molecular flexibility index (Phi) is 7.60. The summed E-state index contributed by atoms with van der Waals surface area (Å²) in [6, 6.07) is 5.61. The minimum atomic E-state index is -0.104. The molecule has 1 aromatic rings. The maximum absolute atomic E-state index is 14.3. The second-order valence-electron chi connectivity index (χ2n) is 5.29. The van der Waals surface area contributed by atoms with Crippen molar-refractivity contribution in [2.75, 3.05) is 24.5 Å². The zero-order valence-corrected chi connectivity index (χ0v) is 13.4. The molecular formula is C17H29FN2. The standard InChI is InChI=1S/C17H29FN2/c1-5-14(6-2)13-20(8-4)17-10-9-15(11-16(17)18)12-19-7-3/h9-11,14,19H,5-8,12-13H2,1-4H3. The average Bonchev–Trinajstić information content (AvgIpc) is 2.47. The van der Waals surface area contributed by atoms with Crippen LogP contribution in [-0.4, -0.2) is 19.6 Å². The molecule has 0 saturated heterocycles. The Morgan fingerprint density at radius 1 is 1.15 bits per heavy atom. The van der Waals surface area contributed by atoms with Gasteiger partial charge in [0.15, 0.2) is 0 Å². The summed E-state index contributed by atoms with van der Waals surface area (Å²) in [7, 11) is 0. The van der Waals surface area contributed by atoms with Crippen molar-refractivity contribution in [3.05, 3.63) is 29.6 Å². The van der Waals surface area contributed by atoms with Gasteiger partial charge in [0.2, 0.25) is 0 Å². The molecule has 1 rings (SSSR count). The molecule has 20 heavy (non-hydrogen) atoms. The fourth-order valence-corrected chi connectivity index (χ4v) is 2.44. The lowest BCUT2D eigenvalue weighted by Crippen LogP contribution is -2.29. The average molecular weight is 280 g/mol. The molecule has 0 aromatic heterocycles. The molecule has 0 radical (unpaired) electrons. The van der Waals surface area contributed by atoms with Crippen molar-refractivity contribution < 1.29 is 4.39 Å². The zero-order valence-electron chi connectivity index (χ0n) is 13.4. The molecule has 0 amide bonds. The summed E-state index contributed by atoms with van der Waals surface area (Å²) in [6.45, 7) is 12.0. The molecule has 114 valence electrons. The predicted octanol–water partition coefficient (Wildman–Crippen LogP) is 4.20. The minimum absolute atomic E-state index is 0.104. The van der Waals surface area contributed by atoms with E-state index < -0.39 is 0 Å². The third-order valence-corrected chi connectivity index (χ3v) is 3.95. The fourth-order valence-electron chi connectivity index (χ4n) is 2.44. The fraction of sp³-hybridized carbons (Fsp3) is 0.647. The maximum Gasteiger partial charge on any atom is 0.146 e. The van der Waals surface area contributed by atoms with Gasteiger partial charge in [0, 0.05) is 19.6 Å². The Labute approximate surface area is 123 Å². The number of hydrogen-bond donors (Lipinski definition) is 1. The van der Waals surface area contributed by atoms with E-state index in [0.29, 0.717) is 5.92 Å². The van der Waals surface area contributed by atoms with Crippen LogP contribution in [0.15, 0.2) is 18.2 Å². The van der Waals surface area contributed by atoms with Crippen LogP contribution in [0.4, 0.5) is 10.1 Å². The van der Waals surface area contributed by atoms with E-state index in [1.807, 2.05) is 12.1 Å². The Hall–Kier alpha value is -1.09. The first-order chi connectivity index (χ1) is 9.65. The Balaban J connectivity index is 2.81. The predicted molar refractivity (Wildman–Crippen MR) is 85.7 cm³/mol. The van der Waals surface area contributed by atoms with Gasteiger partial charge in [-0.05, 0) is 37.1 Å². The van der Waals surface area contributed by atoms with Gasteiger partial charge in [-0.15, -0.1) is 0 Å². The lowest BCUT2D eigenvalue weighted by molar-refractivity contribution is 0.481. The summed E-state index contributed by atoms with van der Waals surface area (Å²) in [5.74, 6) is 0.531. The van der Waals surface area contributed by atoms with Crippen molar-refractivity contribution in [2.24, 2.45) is 5.92 Å². The molecule has 0 aliphatic carbocycles. The number of nitrogens with one attached hydrogen (secondary N) is 1. The topological polar surface area (TPSA) is 15.3 Å². The van der Waals surface area contributed by atoms with E-state index >= 15 is 0 Å². The van der Waals surface area contributed by atoms with Crippen molar-refractivity contribution >= 4 is 5.69 Å². The van der Waals surface area contributed by atoms with Crippen molar-refractivity contribution in [1.82, 2.24) is 5.32 Å². The molecule has 0 bridgehead atoms. The van der Waals surface area contributed by atoms with E-state index in [1.54, 1.807) is 6.07 Å². The van der Waals surface area contributed by atoms with Crippen LogP contribution in [0.1, 0.15) is 46.1 Å². The molecule has 0 spiro atoms. The first-order valence-corrected chi connectivity index (χ1v) is 7.90. The van der Waals surface area contributed by atoms with Crippen LogP contribution in [0.2, 0.25) is 0 Å². The molecule has 1 N–H and O–H groups in total. The molecule has 0 aliphatic heterocycles. The van der Waals surface area contributed by atoms with Crippen LogP contribution in [0, 0.1) is 11.7 Å². The highest BCUT2D eigenvalue weighted by Crippen LogP contribution is 2.23. The molecular weight excluding hydrogens is 251 g/mol. The number of hydrogen-bond acceptors (Lipinski definition) is 2. The van der Waals surface area contributed by atoms with Crippen molar-refractivity contribution in [1.29, 1.82) is 0 Å². The number of nitrogens with zero attached hydrogens (tertiary/aromatic N) is 1. The number of rotatable bonds is 9. The van der Waals surface area contributed by atoms with Gasteiger partial charge in [-0.25, -0.2) is 4.39 Å². The van der Waals surface area contributed by atoms with E-state index in [4.69, 9.17) is 0 Å². The van der Waals surface area contributed by atoms with E-state index in [1.165, 1.54) is 0 Å². The first-order valence-electron chi connectivity index (χ1n) is 7.90. The summed E-state index contributed by atoms with van der Waals surface area (Å²) in [6.07, 6.45) is 2.29. The molecule has 1 aromatic carbocycles. The van der Waals surface area contributed by atoms with Crippen molar-refractivity contribution in [3.63, 3.8) is 0 Å². The van der Waals surface area contributed by atoms with E-state index in [0.717, 1.165) is 50.3 Å². The van der Waals surface area contributed by atoms with Gasteiger partial charge in [-0.1, -0.05) is 39.7 Å². The largest absolute Gasteiger partial charge is 0.369 e. The van der Waals surface area contributed by atoms with E-state index in [2.05, 4.69) is 37.9 Å². The van der Waals surface area contributed by atoms with Crippen molar-refractivity contribution in [2.45, 2.75) is 47.1 Å². The summed E-state index contributed by atoms with van der Waals surface area (Å²) in [4.78, 5) is 2.16. The van der Waals surface area contributed by atoms with E-state index in [-0.39, 0.29) is 5.82 Å². The molecule has 3 heteroatoms. The molecule has 0 unspecified atom stereocenters. The molecule has 2 nitrogen and oxygen atoms in total. The molecule has 0 aliphatic rings. The number of halogens is 1. The lowest BCUT2D eigenvalue weighted by Gasteiger charge is -2.28. The van der Waals surface area contributed by atoms with Crippen LogP contribution in [-0.2, 0) is 6.54 Å². The van der Waals surface area contributed by atoms with Gasteiger partial charge in [-0.2, -0.15) is 0 Å². The lowest BCUT2D eigenvalue weighted by atomic mass is 10.0. The number of anilines is 1. The second kappa shape index (κ2) is 8.96. The van der Waals surface area contributed by atoms with Gasteiger partial charge in [-0.3, -0.25) is 0 Å². The Morgan fingerprint density at radius 3 is 2.35 bits per heavy atom. The Bertz CT molecular complexity index is 389. The summed E-state index contributed by atoms with van der Waals surface area (Å²) < 4.78 is 14.3. The Morgan fingerprint density at radius 2 is 1.85 bits per heavy atom. The van der Waals surface area contributed by atoms with Gasteiger partial charge in [0.25, 0.3) is 0 Å². The highest BCUT2D eigenvalue weighted by molar-refractivity contribution is 5.49. The normalized spacial score (nSPS) is 11.1. The third kappa shape index (κ3) is 4.78. The molecule has 0 heterocycles. The van der Waals surface area contributed by atoms with Crippen LogP contribution in [0.5, 0.6) is 0 Å². The number of benzene rings is 1. The highest BCUT2D eigenvalue weighted by Gasteiger charge is 2.14. The van der Waals surface area contributed by atoms with Gasteiger partial charge < -0.3 is 10.2 Å². The minimum Gasteiger partial charge on any atom is -0.369 e. The summed E-state index contributed by atoms with van der Waals surface area (Å²) >= 11 is 0. The van der Waals surface area contributed by atoms with Crippen LogP contribution >= 0.6 is 0 Å². The third-order valence-electron chi connectivity index (χ3n) is 3.95. The smallest absolute Gasteiger partial charge is 0.146 e. The maximum atomic E-state index is 14.3. The summed E-state index contributed by atoms with van der Waals surface area (Å²) in [5, 5.41) is 3.22. The molecule has 0 fully saturated rings. The van der Waals surface area contributed by atoms with Crippen LogP contribution < -0.4 is 10.2 Å². The monoisotopic (exact) mass is 280 g/mol. The van der Waals surface area contributed by atoms with Gasteiger partial charge in [0.1, 0.15) is 5.82 Å². The van der Waals surface area contributed by atoms with Crippen molar-refractivity contribution in [3.8, 4) is 0 Å². The van der Waals surface area contributed by atoms with Crippen LogP contribution in [0.25, 0.3) is 0 Å². The van der Waals surface area contributed by atoms with Crippen LogP contribution in [0.3, 0.4) is 0 Å². The summed E-state index contributed by atoms with van der Waals surface area (Å²) in [5.41, 5.74) is 1.74. The van der Waals surface area contributed by atoms with Gasteiger partial charge >= 0.3 is 0 Å². The molecule has 0 saturated carbocycles. The zero-order chi connectivity index (χ0) is 15.0. The SMILES string of the molecule is CCNCc1ccc(N(CC)CC(CC)CC)c(F)c1. The quantitative estimate of drug-likeness (QED) is 0.729. The van der Waals surface area contributed by atoms with Gasteiger partial charge in [0.05, 0.1) is 5.69 Å².